The summed E-state index contributed by atoms with van der Waals surface area (Å²) < 4.78 is 44.6. The first kappa shape index (κ1) is 37.9. The summed E-state index contributed by atoms with van der Waals surface area (Å²) in [6.07, 6.45) is -0.744. The first-order valence-electron chi connectivity index (χ1n) is 17.8. The summed E-state index contributed by atoms with van der Waals surface area (Å²) in [5.41, 5.74) is -2.13. The largest absolute Gasteiger partial charge is 0.514 e. The second kappa shape index (κ2) is 14.2. The van der Waals surface area contributed by atoms with E-state index in [1.54, 1.807) is 51.3 Å². The van der Waals surface area contributed by atoms with Gasteiger partial charge in [0.2, 0.25) is 0 Å². The second-order valence-electron chi connectivity index (χ2n) is 16.3. The van der Waals surface area contributed by atoms with Gasteiger partial charge in [0.15, 0.2) is 5.75 Å². The number of anilines is 1. The van der Waals surface area contributed by atoms with Crippen LogP contribution in [0, 0.1) is 5.82 Å². The molecule has 0 aliphatic carbocycles. The molecule has 4 aliphatic rings. The number of hydrogen-bond donors (Lipinski definition) is 0. The Balaban J connectivity index is 1.46. The molecule has 5 heterocycles. The average Bonchev–Trinajstić information content (AvgIpc) is 3.29. The minimum atomic E-state index is -1.03. The fourth-order valence-electron chi connectivity index (χ4n) is 7.25. The van der Waals surface area contributed by atoms with Gasteiger partial charge in [-0.05, 0) is 73.9 Å². The predicted octanol–water partition coefficient (Wildman–Crippen LogP) is 6.00. The zero-order chi connectivity index (χ0) is 37.7. The quantitative estimate of drug-likeness (QED) is 0.271. The van der Waals surface area contributed by atoms with Crippen molar-refractivity contribution in [3.05, 3.63) is 34.6 Å². The number of ether oxygens (including phenoxy) is 5. The summed E-state index contributed by atoms with van der Waals surface area (Å²) in [6.45, 7) is 18.6. The van der Waals surface area contributed by atoms with Crippen LogP contribution < -0.4 is 14.4 Å². The Hall–Kier alpha value is -3.88. The lowest BCUT2D eigenvalue weighted by Crippen LogP contribution is -2.58. The first-order valence-corrected chi connectivity index (χ1v) is 18.1. The Morgan fingerprint density at radius 3 is 2.33 bits per heavy atom. The topological polar surface area (TPSA) is 123 Å². The highest BCUT2D eigenvalue weighted by molar-refractivity contribution is 6.35. The Morgan fingerprint density at radius 2 is 1.65 bits per heavy atom. The summed E-state index contributed by atoms with van der Waals surface area (Å²) in [5, 5.41) is -0.114. The van der Waals surface area contributed by atoms with Crippen LogP contribution >= 0.6 is 11.6 Å². The minimum Gasteiger partial charge on any atom is -0.489 e. The van der Waals surface area contributed by atoms with E-state index in [1.165, 1.54) is 18.2 Å². The van der Waals surface area contributed by atoms with Gasteiger partial charge in [-0.3, -0.25) is 9.69 Å². The third-order valence-electron chi connectivity index (χ3n) is 9.58. The molecule has 15 heteroatoms. The van der Waals surface area contributed by atoms with Gasteiger partial charge in [0.25, 0.3) is 5.91 Å². The van der Waals surface area contributed by atoms with Crippen molar-refractivity contribution in [1.29, 1.82) is 0 Å². The van der Waals surface area contributed by atoms with Crippen molar-refractivity contribution in [1.82, 2.24) is 19.7 Å². The Bertz CT molecular complexity index is 1720. The summed E-state index contributed by atoms with van der Waals surface area (Å²) >= 11 is 7.11. The monoisotopic (exact) mass is 745 g/mol. The molecular weight excluding hydrogens is 697 g/mol. The third kappa shape index (κ3) is 7.89. The van der Waals surface area contributed by atoms with Gasteiger partial charge in [-0.25, -0.2) is 19.0 Å². The van der Waals surface area contributed by atoms with Crippen molar-refractivity contribution in [2.24, 2.45) is 0 Å². The van der Waals surface area contributed by atoms with Gasteiger partial charge >= 0.3 is 12.2 Å². The lowest BCUT2D eigenvalue weighted by atomic mass is 9.98. The average molecular weight is 746 g/mol. The SMILES string of the molecule is CC(C)(C)OC(=O)Oc1cccc(F)c1-c1nc(N2CC(N3CCOCC3)CC2(C)C)c2c(c1Cl)OC[C@H]1CN(C(=O)OC(C)(C)C)CCN1C2=O. The normalized spacial score (nSPS) is 22.3. The van der Waals surface area contributed by atoms with E-state index in [1.807, 2.05) is 0 Å². The molecule has 0 N–H and O–H groups in total. The fourth-order valence-corrected chi connectivity index (χ4v) is 7.53. The van der Waals surface area contributed by atoms with Crippen molar-refractivity contribution in [3.8, 4) is 22.8 Å². The van der Waals surface area contributed by atoms with E-state index in [9.17, 15) is 14.4 Å². The van der Waals surface area contributed by atoms with Gasteiger partial charge in [-0.15, -0.1) is 0 Å². The number of benzene rings is 1. The number of rotatable bonds is 4. The lowest BCUT2D eigenvalue weighted by Gasteiger charge is -2.40. The van der Waals surface area contributed by atoms with Crippen molar-refractivity contribution in [3.63, 3.8) is 0 Å². The molecular formula is C37H49ClFN5O8. The predicted molar refractivity (Wildman–Crippen MR) is 192 cm³/mol. The molecule has 6 rings (SSSR count). The zero-order valence-corrected chi connectivity index (χ0v) is 32.0. The highest BCUT2D eigenvalue weighted by atomic mass is 35.5. The first-order chi connectivity index (χ1) is 24.3. The number of carbonyl (C=O) groups excluding carboxylic acids is 3. The van der Waals surface area contributed by atoms with Gasteiger partial charge in [-0.2, -0.15) is 0 Å². The molecule has 52 heavy (non-hydrogen) atoms. The Labute approximate surface area is 309 Å². The molecule has 0 radical (unpaired) electrons. The molecule has 1 unspecified atom stereocenters. The molecule has 1 aromatic carbocycles. The number of hydrogen-bond acceptors (Lipinski definition) is 11. The molecule has 0 saturated carbocycles. The standard InChI is InChI=1S/C37H49ClFN5O8/c1-35(2,3)51-33(46)42-12-13-43-23(19-42)21-49-30-27(32(43)45)31(44-20-22(18-37(44,7)8)41-14-16-48-17-15-41)40-29(28(30)38)26-24(39)10-9-11-25(26)50-34(47)52-36(4,5)6/h9-11,22-23H,12-21H2,1-8H3/t22?,23-/m1/s1. The maximum Gasteiger partial charge on any atom is 0.514 e. The van der Waals surface area contributed by atoms with E-state index in [0.29, 0.717) is 19.8 Å². The Kier molecular flexibility index (Phi) is 10.3. The number of morpholine rings is 1. The molecule has 2 atom stereocenters. The van der Waals surface area contributed by atoms with Crippen molar-refractivity contribution < 1.29 is 42.5 Å². The van der Waals surface area contributed by atoms with Crippen LogP contribution in [-0.4, -0.2) is 126 Å². The van der Waals surface area contributed by atoms with Gasteiger partial charge in [0, 0.05) is 50.8 Å². The van der Waals surface area contributed by atoms with E-state index in [2.05, 4.69) is 23.6 Å². The fraction of sp³-hybridized carbons (Fsp3) is 0.622. The van der Waals surface area contributed by atoms with Crippen LogP contribution in [0.2, 0.25) is 5.02 Å². The van der Waals surface area contributed by atoms with Crippen LogP contribution in [-0.2, 0) is 14.2 Å². The van der Waals surface area contributed by atoms with E-state index in [0.717, 1.165) is 19.5 Å². The van der Waals surface area contributed by atoms with Gasteiger partial charge < -0.3 is 38.4 Å². The van der Waals surface area contributed by atoms with Crippen LogP contribution in [0.4, 0.5) is 19.8 Å². The summed E-state index contributed by atoms with van der Waals surface area (Å²) in [5.74, 6) is -0.948. The van der Waals surface area contributed by atoms with Crippen molar-refractivity contribution >= 4 is 35.6 Å². The smallest absolute Gasteiger partial charge is 0.489 e. The summed E-state index contributed by atoms with van der Waals surface area (Å²) in [6, 6.07) is 3.65. The molecule has 1 aromatic heterocycles. The zero-order valence-electron chi connectivity index (χ0n) is 31.2. The molecule has 2 aromatic rings. The number of fused-ring (bicyclic) bond motifs is 2. The molecule has 284 valence electrons. The van der Waals surface area contributed by atoms with Crippen LogP contribution in [0.5, 0.6) is 11.5 Å². The Morgan fingerprint density at radius 1 is 0.962 bits per heavy atom. The number of amides is 2. The molecule has 3 saturated heterocycles. The molecule has 0 bridgehead atoms. The number of aromatic nitrogens is 1. The van der Waals surface area contributed by atoms with E-state index in [4.69, 9.17) is 40.3 Å². The van der Waals surface area contributed by atoms with Crippen molar-refractivity contribution in [2.75, 3.05) is 64.0 Å². The van der Waals surface area contributed by atoms with E-state index < -0.39 is 40.8 Å². The molecule has 13 nitrogen and oxygen atoms in total. The van der Waals surface area contributed by atoms with Crippen LogP contribution in [0.15, 0.2) is 18.2 Å². The van der Waals surface area contributed by atoms with Gasteiger partial charge in [0.1, 0.15) is 51.5 Å². The maximum atomic E-state index is 16.0. The molecule has 4 aliphatic heterocycles. The van der Waals surface area contributed by atoms with Gasteiger partial charge in [0.05, 0.1) is 24.8 Å². The number of carbonyl (C=O) groups is 3. The number of halogens is 2. The molecule has 3 fully saturated rings. The number of pyridine rings is 1. The van der Waals surface area contributed by atoms with Crippen LogP contribution in [0.3, 0.4) is 0 Å². The highest BCUT2D eigenvalue weighted by Crippen LogP contribution is 2.48. The van der Waals surface area contributed by atoms with E-state index in [-0.39, 0.29) is 77.4 Å². The van der Waals surface area contributed by atoms with Gasteiger partial charge in [-0.1, -0.05) is 17.7 Å². The maximum absolute atomic E-state index is 16.0. The second-order valence-corrected chi connectivity index (χ2v) is 16.7. The third-order valence-corrected chi connectivity index (χ3v) is 9.93. The highest BCUT2D eigenvalue weighted by Gasteiger charge is 2.47. The lowest BCUT2D eigenvalue weighted by molar-refractivity contribution is 0.000932. The summed E-state index contributed by atoms with van der Waals surface area (Å²) in [7, 11) is 0. The van der Waals surface area contributed by atoms with Crippen molar-refractivity contribution in [2.45, 2.75) is 90.6 Å². The molecule has 2 amide bonds. The molecule has 0 spiro atoms. The number of piperazine rings is 1. The van der Waals surface area contributed by atoms with Crippen LogP contribution in [0.1, 0.15) is 72.2 Å². The number of nitrogens with zero attached hydrogens (tertiary/aromatic N) is 5. The summed E-state index contributed by atoms with van der Waals surface area (Å²) in [4.78, 5) is 53.3. The van der Waals surface area contributed by atoms with E-state index >= 15 is 4.39 Å². The minimum absolute atomic E-state index is 0.00101. The van der Waals surface area contributed by atoms with Crippen LogP contribution in [0.25, 0.3) is 11.3 Å².